The number of halogens is 1. The van der Waals surface area contributed by atoms with Crippen molar-refractivity contribution < 1.29 is 14.3 Å². The number of rotatable bonds is 8. The van der Waals surface area contributed by atoms with Gasteiger partial charge in [-0.25, -0.2) is 19.2 Å². The van der Waals surface area contributed by atoms with Gasteiger partial charge in [0.1, 0.15) is 27.2 Å². The minimum Gasteiger partial charge on any atom is -0.477 e. The number of hydrogen-bond acceptors (Lipinski definition) is 5. The molecule has 2 heterocycles. The van der Waals surface area contributed by atoms with Gasteiger partial charge in [-0.15, -0.1) is 11.3 Å². The number of benzene rings is 2. The molecule has 0 amide bonds. The van der Waals surface area contributed by atoms with E-state index in [1.54, 1.807) is 19.1 Å². The maximum atomic E-state index is 13.1. The molecule has 0 fully saturated rings. The second kappa shape index (κ2) is 9.22. The fourth-order valence-corrected chi connectivity index (χ4v) is 4.54. The Kier molecular flexibility index (Phi) is 6.23. The van der Waals surface area contributed by atoms with Gasteiger partial charge in [0.25, 0.3) is 0 Å². The molecule has 0 atom stereocenters. The Labute approximate surface area is 183 Å². The number of aromatic nitrogens is 2. The highest BCUT2D eigenvalue weighted by atomic mass is 32.1. The van der Waals surface area contributed by atoms with Crippen molar-refractivity contribution >= 4 is 33.3 Å². The van der Waals surface area contributed by atoms with E-state index in [0.717, 1.165) is 17.4 Å². The van der Waals surface area contributed by atoms with Gasteiger partial charge in [-0.3, -0.25) is 0 Å². The van der Waals surface area contributed by atoms with Crippen LogP contribution in [0.4, 0.5) is 10.2 Å². The maximum Gasteiger partial charge on any atom is 0.346 e. The number of thiophene rings is 1. The van der Waals surface area contributed by atoms with Crippen LogP contribution in [0.15, 0.2) is 54.6 Å². The van der Waals surface area contributed by atoms with E-state index in [2.05, 4.69) is 22.4 Å². The number of carboxylic acid groups (broad SMARTS) is 1. The lowest BCUT2D eigenvalue weighted by Gasteiger charge is -2.10. The first-order valence-corrected chi connectivity index (χ1v) is 10.9. The summed E-state index contributed by atoms with van der Waals surface area (Å²) in [7, 11) is 0. The summed E-state index contributed by atoms with van der Waals surface area (Å²) in [4.78, 5) is 22.0. The van der Waals surface area contributed by atoms with Gasteiger partial charge in [0, 0.05) is 13.0 Å². The normalized spacial score (nSPS) is 11.0. The summed E-state index contributed by atoms with van der Waals surface area (Å²) in [5.74, 6) is 0.117. The highest BCUT2D eigenvalue weighted by Crippen LogP contribution is 2.34. The molecule has 0 aliphatic heterocycles. The van der Waals surface area contributed by atoms with Gasteiger partial charge >= 0.3 is 5.97 Å². The first-order chi connectivity index (χ1) is 15.0. The van der Waals surface area contributed by atoms with Gasteiger partial charge in [0.2, 0.25) is 0 Å². The highest BCUT2D eigenvalue weighted by molar-refractivity contribution is 7.20. The monoisotopic (exact) mass is 435 g/mol. The third-order valence-electron chi connectivity index (χ3n) is 5.13. The number of hydrogen-bond donors (Lipinski definition) is 2. The fraction of sp³-hybridized carbons (Fsp3) is 0.208. The van der Waals surface area contributed by atoms with Crippen molar-refractivity contribution in [3.8, 4) is 0 Å². The van der Waals surface area contributed by atoms with Gasteiger partial charge in [-0.2, -0.15) is 0 Å². The molecule has 31 heavy (non-hydrogen) atoms. The minimum absolute atomic E-state index is 0.257. The van der Waals surface area contributed by atoms with Crippen molar-refractivity contribution in [3.63, 3.8) is 0 Å². The summed E-state index contributed by atoms with van der Waals surface area (Å²) < 4.78 is 13.1. The van der Waals surface area contributed by atoms with Crippen LogP contribution in [0.1, 0.15) is 32.2 Å². The zero-order valence-corrected chi connectivity index (χ0v) is 17.9. The second-order valence-electron chi connectivity index (χ2n) is 7.32. The van der Waals surface area contributed by atoms with Crippen molar-refractivity contribution in [2.45, 2.75) is 26.2 Å². The Bertz CT molecular complexity index is 1210. The Balaban J connectivity index is 1.60. The smallest absolute Gasteiger partial charge is 0.346 e. The molecule has 0 radical (unpaired) electrons. The number of anilines is 1. The number of aryl methyl sites for hydroxylation is 3. The molecule has 0 unspecified atom stereocenters. The number of carbonyl (C=O) groups is 1. The van der Waals surface area contributed by atoms with E-state index in [1.165, 1.54) is 29.0 Å². The predicted octanol–water partition coefficient (Wildman–Crippen LogP) is 5.28. The molecule has 0 spiro atoms. The van der Waals surface area contributed by atoms with Crippen LogP contribution in [0, 0.1) is 12.7 Å². The van der Waals surface area contributed by atoms with E-state index < -0.39 is 5.97 Å². The first-order valence-electron chi connectivity index (χ1n) is 10.1. The molecule has 4 aromatic rings. The minimum atomic E-state index is -0.955. The number of nitrogens with one attached hydrogen (secondary N) is 1. The van der Waals surface area contributed by atoms with Gasteiger partial charge in [-0.1, -0.05) is 42.5 Å². The topological polar surface area (TPSA) is 75.1 Å². The van der Waals surface area contributed by atoms with Crippen LogP contribution in [-0.2, 0) is 19.3 Å². The molecule has 4 rings (SSSR count). The Hall–Kier alpha value is -3.32. The number of carboxylic acids is 1. The zero-order valence-electron chi connectivity index (χ0n) is 17.1. The molecule has 0 aliphatic carbocycles. The van der Waals surface area contributed by atoms with Crippen LogP contribution >= 0.6 is 11.3 Å². The molecule has 2 N–H and O–H groups in total. The highest BCUT2D eigenvalue weighted by Gasteiger charge is 2.20. The Morgan fingerprint density at radius 2 is 1.71 bits per heavy atom. The van der Waals surface area contributed by atoms with Gasteiger partial charge in [0.15, 0.2) is 0 Å². The molecule has 5 nitrogen and oxygen atoms in total. The quantitative estimate of drug-likeness (QED) is 0.394. The molecular weight excluding hydrogens is 413 g/mol. The van der Waals surface area contributed by atoms with Crippen molar-refractivity contribution in [2.75, 3.05) is 11.9 Å². The zero-order chi connectivity index (χ0) is 21.8. The van der Waals surface area contributed by atoms with Crippen molar-refractivity contribution in [3.05, 3.63) is 87.8 Å². The number of fused-ring (bicyclic) bond motifs is 1. The van der Waals surface area contributed by atoms with E-state index in [9.17, 15) is 14.3 Å². The molecule has 158 valence electrons. The van der Waals surface area contributed by atoms with Crippen LogP contribution < -0.4 is 5.32 Å². The lowest BCUT2D eigenvalue weighted by molar-refractivity contribution is 0.0701. The Morgan fingerprint density at radius 1 is 1.00 bits per heavy atom. The predicted molar refractivity (Wildman–Crippen MR) is 122 cm³/mol. The lowest BCUT2D eigenvalue weighted by atomic mass is 10.1. The molecule has 7 heteroatoms. The second-order valence-corrected chi connectivity index (χ2v) is 8.32. The van der Waals surface area contributed by atoms with Gasteiger partial charge < -0.3 is 10.4 Å². The SMILES string of the molecule is Cc1c(C(=O)O)sc2nc(CCc3ccccc3)nc(NCCc3ccc(F)cc3)c12. The fourth-order valence-electron chi connectivity index (χ4n) is 3.50. The van der Waals surface area contributed by atoms with Gasteiger partial charge in [-0.05, 0) is 48.6 Å². The van der Waals surface area contributed by atoms with E-state index in [-0.39, 0.29) is 10.7 Å². The molecule has 0 saturated heterocycles. The standard InChI is InChI=1S/C24H22FN3O2S/c1-15-20-22(26-14-13-17-7-10-18(25)11-8-17)27-19(12-9-16-5-3-2-4-6-16)28-23(20)31-21(15)24(29)30/h2-8,10-11H,9,12-14H2,1H3,(H,29,30)(H,26,27,28). The van der Waals surface area contributed by atoms with Crippen molar-refractivity contribution in [1.29, 1.82) is 0 Å². The van der Waals surface area contributed by atoms with Crippen LogP contribution in [0.3, 0.4) is 0 Å². The summed E-state index contributed by atoms with van der Waals surface area (Å²) >= 11 is 1.18. The lowest BCUT2D eigenvalue weighted by Crippen LogP contribution is -2.09. The van der Waals surface area contributed by atoms with Crippen LogP contribution in [0.25, 0.3) is 10.2 Å². The van der Waals surface area contributed by atoms with Crippen molar-refractivity contribution in [1.82, 2.24) is 9.97 Å². The van der Waals surface area contributed by atoms with E-state index in [4.69, 9.17) is 4.98 Å². The van der Waals surface area contributed by atoms with E-state index in [1.807, 2.05) is 18.2 Å². The van der Waals surface area contributed by atoms with Gasteiger partial charge in [0.05, 0.1) is 5.39 Å². The molecule has 0 bridgehead atoms. The summed E-state index contributed by atoms with van der Waals surface area (Å²) in [6.45, 7) is 2.38. The van der Waals surface area contributed by atoms with Crippen LogP contribution in [0.5, 0.6) is 0 Å². The summed E-state index contributed by atoms with van der Waals surface area (Å²) in [6.07, 6.45) is 2.16. The average molecular weight is 436 g/mol. The third kappa shape index (κ3) is 4.88. The van der Waals surface area contributed by atoms with E-state index in [0.29, 0.717) is 41.4 Å². The first kappa shape index (κ1) is 20.9. The molecule has 0 saturated carbocycles. The molecule has 2 aromatic carbocycles. The summed E-state index contributed by atoms with van der Waals surface area (Å²) in [6, 6.07) is 16.5. The van der Waals surface area contributed by atoms with Crippen molar-refractivity contribution in [2.24, 2.45) is 0 Å². The third-order valence-corrected chi connectivity index (χ3v) is 6.30. The number of aromatic carboxylic acids is 1. The largest absolute Gasteiger partial charge is 0.477 e. The average Bonchev–Trinajstić information content (AvgIpc) is 3.11. The summed E-state index contributed by atoms with van der Waals surface area (Å²) in [5.41, 5.74) is 2.88. The molecular formula is C24H22FN3O2S. The van der Waals surface area contributed by atoms with Crippen LogP contribution in [0.2, 0.25) is 0 Å². The maximum absolute atomic E-state index is 13.1. The van der Waals surface area contributed by atoms with Crippen LogP contribution in [-0.4, -0.2) is 27.6 Å². The summed E-state index contributed by atoms with van der Waals surface area (Å²) in [5, 5.41) is 13.6. The molecule has 2 aromatic heterocycles. The molecule has 0 aliphatic rings. The number of nitrogens with zero attached hydrogens (tertiary/aromatic N) is 2. The van der Waals surface area contributed by atoms with E-state index >= 15 is 0 Å². The Morgan fingerprint density at radius 3 is 2.42 bits per heavy atom.